The minimum Gasteiger partial charge on any atom is -0.469 e. The van der Waals surface area contributed by atoms with Gasteiger partial charge in [-0.1, -0.05) is 58.0 Å². The van der Waals surface area contributed by atoms with Gasteiger partial charge in [0.15, 0.2) is 6.29 Å². The van der Waals surface area contributed by atoms with Gasteiger partial charge in [0.25, 0.3) is 0 Å². The number of esters is 1. The number of nitrogens with one attached hydrogen (secondary N) is 4. The Morgan fingerprint density at radius 2 is 1.54 bits per heavy atom. The lowest BCUT2D eigenvalue weighted by Crippen LogP contribution is -2.59. The Balaban J connectivity index is 2.09. The van der Waals surface area contributed by atoms with Crippen LogP contribution in [0, 0.1) is 11.8 Å². The van der Waals surface area contributed by atoms with Gasteiger partial charge in [0.2, 0.25) is 23.6 Å². The first-order chi connectivity index (χ1) is 25.8. The maximum Gasteiger partial charge on any atom is 0.407 e. The fraction of sp³-hybridized carbons (Fsp3) is 0.692. The number of hydrogen-bond acceptors (Lipinski definition) is 10. The molecule has 0 saturated carbocycles. The van der Waals surface area contributed by atoms with Gasteiger partial charge < -0.3 is 45.1 Å². The molecule has 0 aliphatic carbocycles. The summed E-state index contributed by atoms with van der Waals surface area (Å²) in [6.45, 7) is 12.8. The Bertz CT molecular complexity index is 1320. The Kier molecular flexibility index (Phi) is 21.2. The fourth-order valence-corrected chi connectivity index (χ4v) is 6.11. The molecule has 1 aliphatic heterocycles. The molecule has 15 heteroatoms. The number of carbonyl (C=O) groups is 6. The molecule has 1 heterocycles. The molecule has 0 aromatic heterocycles. The summed E-state index contributed by atoms with van der Waals surface area (Å²) in [4.78, 5) is 79.7. The molecule has 5 amide bonds. The van der Waals surface area contributed by atoms with Crippen molar-refractivity contribution >= 4 is 35.7 Å². The number of likely N-dealkylation sites (tertiary alicyclic amines) is 1. The van der Waals surface area contributed by atoms with E-state index in [4.69, 9.17) is 14.2 Å². The predicted octanol–water partition coefficient (Wildman–Crippen LogP) is 3.58. The molecular weight excluding hydrogens is 698 g/mol. The highest BCUT2D eigenvalue weighted by Crippen LogP contribution is 2.22. The molecule has 15 nitrogen and oxygen atoms in total. The third-order valence-corrected chi connectivity index (χ3v) is 9.12. The molecule has 4 N–H and O–H groups in total. The van der Waals surface area contributed by atoms with E-state index in [1.165, 1.54) is 12.0 Å². The first-order valence-electron chi connectivity index (χ1n) is 19.3. The average Bonchev–Trinajstić information content (AvgIpc) is 3.64. The zero-order chi connectivity index (χ0) is 40.0. The van der Waals surface area contributed by atoms with E-state index in [2.05, 4.69) is 26.0 Å². The molecule has 54 heavy (non-hydrogen) atoms. The lowest BCUT2D eigenvalue weighted by Gasteiger charge is -2.34. The topological polar surface area (TPSA) is 191 Å². The van der Waals surface area contributed by atoms with Gasteiger partial charge in [-0.25, -0.2) is 4.79 Å². The van der Waals surface area contributed by atoms with Crippen molar-refractivity contribution in [3.63, 3.8) is 0 Å². The van der Waals surface area contributed by atoms with Crippen molar-refractivity contribution in [2.75, 3.05) is 33.4 Å². The lowest BCUT2D eigenvalue weighted by molar-refractivity contribution is -0.166. The van der Waals surface area contributed by atoms with Gasteiger partial charge in [-0.3, -0.25) is 24.0 Å². The number of nitrogens with zero attached hydrogens (tertiary/aromatic N) is 1. The van der Waals surface area contributed by atoms with Gasteiger partial charge >= 0.3 is 12.1 Å². The normalized spacial score (nSPS) is 15.7. The van der Waals surface area contributed by atoms with Crippen LogP contribution in [0.15, 0.2) is 30.3 Å². The van der Waals surface area contributed by atoms with Crippen LogP contribution in [-0.2, 0) is 49.5 Å². The number of unbranched alkanes of at least 4 members (excludes halogenated alkanes) is 1. The largest absolute Gasteiger partial charge is 0.469 e. The zero-order valence-electron chi connectivity index (χ0n) is 33.2. The summed E-state index contributed by atoms with van der Waals surface area (Å²) in [6.07, 6.45) is 1.32. The number of alkyl carbamates (subject to hydrolysis) is 1. The smallest absolute Gasteiger partial charge is 0.407 e. The summed E-state index contributed by atoms with van der Waals surface area (Å²) in [5.74, 6) is -2.46. The van der Waals surface area contributed by atoms with Crippen LogP contribution in [0.25, 0.3) is 0 Å². The van der Waals surface area contributed by atoms with Crippen LogP contribution in [0.5, 0.6) is 0 Å². The maximum absolute atomic E-state index is 14.1. The molecule has 0 spiro atoms. The highest BCUT2D eigenvalue weighted by molar-refractivity contribution is 5.94. The van der Waals surface area contributed by atoms with Crippen LogP contribution < -0.4 is 21.3 Å². The maximum atomic E-state index is 14.1. The van der Waals surface area contributed by atoms with Crippen molar-refractivity contribution in [2.24, 2.45) is 11.8 Å². The molecule has 0 unspecified atom stereocenters. The van der Waals surface area contributed by atoms with Crippen LogP contribution >= 0.6 is 0 Å². The van der Waals surface area contributed by atoms with E-state index in [9.17, 15) is 28.8 Å². The Morgan fingerprint density at radius 3 is 2.15 bits per heavy atom. The van der Waals surface area contributed by atoms with E-state index in [0.29, 0.717) is 45.4 Å². The molecule has 1 aromatic rings. The third-order valence-electron chi connectivity index (χ3n) is 9.12. The first kappa shape index (κ1) is 45.9. The summed E-state index contributed by atoms with van der Waals surface area (Å²) in [6, 6.07) is 6.15. The number of amides is 5. The number of ether oxygens (including phenoxy) is 4. The number of methoxy groups -OCH3 is 1. The van der Waals surface area contributed by atoms with Crippen molar-refractivity contribution < 1.29 is 47.7 Å². The fourth-order valence-electron chi connectivity index (χ4n) is 6.11. The molecule has 0 bridgehead atoms. The minimum atomic E-state index is -0.992. The van der Waals surface area contributed by atoms with Crippen LogP contribution in [-0.4, -0.2) is 104 Å². The van der Waals surface area contributed by atoms with Crippen LogP contribution in [0.3, 0.4) is 0 Å². The van der Waals surface area contributed by atoms with Crippen molar-refractivity contribution in [2.45, 2.75) is 130 Å². The number of benzene rings is 1. The van der Waals surface area contributed by atoms with Gasteiger partial charge in [0.05, 0.1) is 13.2 Å². The predicted molar refractivity (Wildman–Crippen MR) is 202 cm³/mol. The molecule has 304 valence electrons. The van der Waals surface area contributed by atoms with Gasteiger partial charge in [0, 0.05) is 39.1 Å². The quantitative estimate of drug-likeness (QED) is 0.0688. The second kappa shape index (κ2) is 25.0. The average molecular weight is 762 g/mol. The lowest BCUT2D eigenvalue weighted by atomic mass is 10.00. The van der Waals surface area contributed by atoms with E-state index in [1.54, 1.807) is 13.8 Å². The van der Waals surface area contributed by atoms with Crippen molar-refractivity contribution in [1.29, 1.82) is 0 Å². The van der Waals surface area contributed by atoms with Crippen LogP contribution in [0.4, 0.5) is 4.79 Å². The molecular formula is C39H63N5O10. The van der Waals surface area contributed by atoms with E-state index in [0.717, 1.165) is 5.56 Å². The monoisotopic (exact) mass is 761 g/mol. The summed E-state index contributed by atoms with van der Waals surface area (Å²) in [5.41, 5.74) is 0.860. The van der Waals surface area contributed by atoms with Gasteiger partial charge in [-0.15, -0.1) is 0 Å². The number of carbonyl (C=O) groups excluding carboxylic acids is 6. The van der Waals surface area contributed by atoms with E-state index in [1.807, 2.05) is 58.0 Å². The standard InChI is InChI=1S/C39H63N5O10/c1-8-52-38(53-9-2)34(27(5)6)43-36(48)30-20-16-24-44(30)37(49)33(26(3)4)42-35(47)29(41-31(45)21-15-22-32(46)51-7)19-13-14-23-40-39(50)54-25-28-17-11-10-12-18-28/h10-12,17-18,26-27,29-30,33-34,38H,8-9,13-16,19-25H2,1-7H3,(H,40,50)(H,41,45)(H,42,47)(H,43,48)/t29-,30-,33-,34-/m0/s1. The molecule has 0 radical (unpaired) electrons. The van der Waals surface area contributed by atoms with Gasteiger partial charge in [-0.05, 0) is 69.8 Å². The van der Waals surface area contributed by atoms with Crippen molar-refractivity contribution in [3.05, 3.63) is 35.9 Å². The Morgan fingerprint density at radius 1 is 0.852 bits per heavy atom. The van der Waals surface area contributed by atoms with Crippen LogP contribution in [0.2, 0.25) is 0 Å². The SMILES string of the molecule is CCOC(OCC)[C@@H](NC(=O)[C@@H]1CCCN1C(=O)[C@@H](NC(=O)[C@H](CCCCNC(=O)OCc1ccccc1)NC(=O)CCCC(=O)OC)C(C)C)C(C)C. The second-order valence-electron chi connectivity index (χ2n) is 14.0. The molecule has 4 atom stereocenters. The number of hydrogen-bond donors (Lipinski definition) is 4. The van der Waals surface area contributed by atoms with Gasteiger partial charge in [-0.2, -0.15) is 0 Å². The summed E-state index contributed by atoms with van der Waals surface area (Å²) in [5, 5.41) is 11.4. The highest BCUT2D eigenvalue weighted by Gasteiger charge is 2.41. The molecule has 1 aromatic carbocycles. The molecule has 2 rings (SSSR count). The minimum absolute atomic E-state index is 0.00435. The number of rotatable bonds is 24. The van der Waals surface area contributed by atoms with Crippen molar-refractivity contribution in [1.82, 2.24) is 26.2 Å². The first-order valence-corrected chi connectivity index (χ1v) is 19.3. The Hall–Kier alpha value is -4.24. The van der Waals surface area contributed by atoms with E-state index in [-0.39, 0.29) is 62.5 Å². The molecule has 1 saturated heterocycles. The molecule has 1 fully saturated rings. The Labute approximate surface area is 320 Å². The molecule has 1 aliphatic rings. The van der Waals surface area contributed by atoms with E-state index < -0.39 is 54.3 Å². The van der Waals surface area contributed by atoms with Gasteiger partial charge in [0.1, 0.15) is 24.7 Å². The highest BCUT2D eigenvalue weighted by atomic mass is 16.7. The van der Waals surface area contributed by atoms with E-state index >= 15 is 0 Å². The summed E-state index contributed by atoms with van der Waals surface area (Å²) < 4.78 is 21.5. The van der Waals surface area contributed by atoms with Crippen LogP contribution in [0.1, 0.15) is 98.5 Å². The summed E-state index contributed by atoms with van der Waals surface area (Å²) in [7, 11) is 1.27. The second-order valence-corrected chi connectivity index (χ2v) is 14.0. The van der Waals surface area contributed by atoms with Crippen molar-refractivity contribution in [3.8, 4) is 0 Å². The summed E-state index contributed by atoms with van der Waals surface area (Å²) >= 11 is 0. The zero-order valence-corrected chi connectivity index (χ0v) is 33.2. The third kappa shape index (κ3) is 16.0.